The summed E-state index contributed by atoms with van der Waals surface area (Å²) in [5.41, 5.74) is 0.0495. The monoisotopic (exact) mass is 267 g/mol. The Balaban J connectivity index is 1.51. The Morgan fingerprint density at radius 3 is 2.79 bits per heavy atom. The van der Waals surface area contributed by atoms with E-state index < -0.39 is 0 Å². The van der Waals surface area contributed by atoms with Crippen molar-refractivity contribution in [3.8, 4) is 0 Å². The van der Waals surface area contributed by atoms with Crippen molar-refractivity contribution in [2.75, 3.05) is 19.8 Å². The molecule has 0 radical (unpaired) electrons. The number of hydrogen-bond acceptors (Lipinski definition) is 3. The second kappa shape index (κ2) is 6.11. The minimum atomic E-state index is 0.0495. The molecule has 2 aliphatic heterocycles. The fourth-order valence-electron chi connectivity index (χ4n) is 4.02. The van der Waals surface area contributed by atoms with Crippen LogP contribution in [0.15, 0.2) is 0 Å². The Kier molecular flexibility index (Phi) is 4.45. The summed E-state index contributed by atoms with van der Waals surface area (Å²) in [4.78, 5) is 0. The highest BCUT2D eigenvalue weighted by Gasteiger charge is 2.41. The summed E-state index contributed by atoms with van der Waals surface area (Å²) in [5.74, 6) is 0.927. The molecule has 3 rings (SSSR count). The maximum atomic E-state index is 6.02. The average molecular weight is 267 g/mol. The van der Waals surface area contributed by atoms with Gasteiger partial charge >= 0.3 is 0 Å². The van der Waals surface area contributed by atoms with E-state index in [1.807, 2.05) is 0 Å². The van der Waals surface area contributed by atoms with Crippen LogP contribution >= 0.6 is 0 Å². The third kappa shape index (κ3) is 3.50. The molecule has 3 aliphatic rings. The van der Waals surface area contributed by atoms with E-state index in [9.17, 15) is 0 Å². The summed E-state index contributed by atoms with van der Waals surface area (Å²) < 4.78 is 11.6. The van der Waals surface area contributed by atoms with E-state index in [0.29, 0.717) is 6.04 Å². The lowest BCUT2D eigenvalue weighted by molar-refractivity contribution is -0.0904. The van der Waals surface area contributed by atoms with Crippen molar-refractivity contribution in [3.63, 3.8) is 0 Å². The van der Waals surface area contributed by atoms with E-state index in [-0.39, 0.29) is 5.60 Å². The maximum Gasteiger partial charge on any atom is 0.0951 e. The van der Waals surface area contributed by atoms with Gasteiger partial charge in [-0.3, -0.25) is 0 Å². The molecule has 110 valence electrons. The third-order valence-electron chi connectivity index (χ3n) is 5.29. The van der Waals surface area contributed by atoms with E-state index in [2.05, 4.69) is 12.2 Å². The molecule has 4 unspecified atom stereocenters. The lowest BCUT2D eigenvalue weighted by Crippen LogP contribution is -2.50. The zero-order chi connectivity index (χ0) is 13.1. The van der Waals surface area contributed by atoms with Gasteiger partial charge in [-0.15, -0.1) is 0 Å². The molecule has 3 heteroatoms. The second-order valence-electron chi connectivity index (χ2n) is 7.00. The smallest absolute Gasteiger partial charge is 0.0951 e. The molecule has 0 aromatic rings. The van der Waals surface area contributed by atoms with Crippen LogP contribution in [0, 0.1) is 5.92 Å². The molecular weight excluding hydrogens is 238 g/mol. The van der Waals surface area contributed by atoms with Gasteiger partial charge in [0.05, 0.1) is 12.2 Å². The number of hydrogen-bond donors (Lipinski definition) is 1. The molecule has 0 amide bonds. The minimum Gasteiger partial charge on any atom is -0.378 e. The molecule has 4 atom stereocenters. The van der Waals surface area contributed by atoms with Crippen molar-refractivity contribution < 1.29 is 9.47 Å². The molecule has 0 aromatic carbocycles. The van der Waals surface area contributed by atoms with Crippen LogP contribution in [0.2, 0.25) is 0 Å². The maximum absolute atomic E-state index is 6.02. The molecule has 3 fully saturated rings. The Labute approximate surface area is 117 Å². The fourth-order valence-corrected chi connectivity index (χ4v) is 4.02. The first kappa shape index (κ1) is 13.8. The van der Waals surface area contributed by atoms with Crippen LogP contribution in [0.5, 0.6) is 0 Å². The van der Waals surface area contributed by atoms with E-state index in [4.69, 9.17) is 9.47 Å². The SMILES string of the molecule is CC1CCCC(NC2CCOC3(CCOC3)C2)CC1. The second-order valence-corrected chi connectivity index (χ2v) is 7.00. The van der Waals surface area contributed by atoms with E-state index in [0.717, 1.165) is 44.6 Å². The topological polar surface area (TPSA) is 30.5 Å². The summed E-state index contributed by atoms with van der Waals surface area (Å²) in [6.07, 6.45) is 10.4. The normalized spacial score (nSPS) is 44.4. The Bertz CT molecular complexity index is 288. The van der Waals surface area contributed by atoms with Gasteiger partial charge in [0, 0.05) is 31.7 Å². The first-order valence-corrected chi connectivity index (χ1v) is 8.24. The van der Waals surface area contributed by atoms with Crippen molar-refractivity contribution in [2.24, 2.45) is 5.92 Å². The molecule has 19 heavy (non-hydrogen) atoms. The molecule has 1 N–H and O–H groups in total. The minimum absolute atomic E-state index is 0.0495. The number of nitrogens with one attached hydrogen (secondary N) is 1. The van der Waals surface area contributed by atoms with Crippen molar-refractivity contribution in [3.05, 3.63) is 0 Å². The first-order chi connectivity index (χ1) is 9.26. The predicted octanol–water partition coefficient (Wildman–Crippen LogP) is 2.88. The third-order valence-corrected chi connectivity index (χ3v) is 5.29. The Morgan fingerprint density at radius 1 is 1.00 bits per heavy atom. The first-order valence-electron chi connectivity index (χ1n) is 8.24. The van der Waals surface area contributed by atoms with Crippen LogP contribution in [0.25, 0.3) is 0 Å². The quantitative estimate of drug-likeness (QED) is 0.780. The number of rotatable bonds is 2. The van der Waals surface area contributed by atoms with Gasteiger partial charge in [0.15, 0.2) is 0 Å². The van der Waals surface area contributed by atoms with E-state index in [1.54, 1.807) is 0 Å². The van der Waals surface area contributed by atoms with Crippen LogP contribution in [0.4, 0.5) is 0 Å². The summed E-state index contributed by atoms with van der Waals surface area (Å²) in [6, 6.07) is 1.39. The van der Waals surface area contributed by atoms with Gasteiger partial charge < -0.3 is 14.8 Å². The molecular formula is C16H29NO2. The van der Waals surface area contributed by atoms with Crippen molar-refractivity contribution >= 4 is 0 Å². The van der Waals surface area contributed by atoms with Gasteiger partial charge in [0.2, 0.25) is 0 Å². The lowest BCUT2D eigenvalue weighted by atomic mass is 9.89. The van der Waals surface area contributed by atoms with Crippen LogP contribution < -0.4 is 5.32 Å². The zero-order valence-electron chi connectivity index (χ0n) is 12.3. The standard InChI is InChI=1S/C16H29NO2/c1-13-3-2-4-14(6-5-13)17-15-7-9-19-16(11-15)8-10-18-12-16/h13-15,17H,2-12H2,1H3. The molecule has 1 aliphatic carbocycles. The summed E-state index contributed by atoms with van der Waals surface area (Å²) in [5, 5.41) is 3.93. The molecule has 2 saturated heterocycles. The van der Waals surface area contributed by atoms with E-state index >= 15 is 0 Å². The number of ether oxygens (including phenoxy) is 2. The highest BCUT2D eigenvalue weighted by Crippen LogP contribution is 2.33. The zero-order valence-corrected chi connectivity index (χ0v) is 12.3. The Morgan fingerprint density at radius 2 is 1.95 bits per heavy atom. The van der Waals surface area contributed by atoms with Gasteiger partial charge in [-0.25, -0.2) is 0 Å². The van der Waals surface area contributed by atoms with Crippen molar-refractivity contribution in [2.45, 2.75) is 76.0 Å². The van der Waals surface area contributed by atoms with Gasteiger partial charge in [-0.1, -0.05) is 19.8 Å². The average Bonchev–Trinajstić information content (AvgIpc) is 2.73. The summed E-state index contributed by atoms with van der Waals surface area (Å²) in [7, 11) is 0. The van der Waals surface area contributed by atoms with Crippen molar-refractivity contribution in [1.29, 1.82) is 0 Å². The predicted molar refractivity (Wildman–Crippen MR) is 76.3 cm³/mol. The molecule has 2 heterocycles. The highest BCUT2D eigenvalue weighted by atomic mass is 16.6. The molecule has 1 spiro atoms. The van der Waals surface area contributed by atoms with Crippen LogP contribution in [0.3, 0.4) is 0 Å². The van der Waals surface area contributed by atoms with E-state index in [1.165, 1.54) is 38.5 Å². The fraction of sp³-hybridized carbons (Fsp3) is 1.00. The van der Waals surface area contributed by atoms with Crippen LogP contribution in [-0.2, 0) is 9.47 Å². The lowest BCUT2D eigenvalue weighted by Gasteiger charge is -2.39. The molecule has 0 bridgehead atoms. The van der Waals surface area contributed by atoms with Crippen LogP contribution in [0.1, 0.15) is 58.3 Å². The molecule has 0 aromatic heterocycles. The van der Waals surface area contributed by atoms with Gasteiger partial charge in [-0.2, -0.15) is 0 Å². The molecule has 1 saturated carbocycles. The van der Waals surface area contributed by atoms with Gasteiger partial charge in [0.1, 0.15) is 0 Å². The van der Waals surface area contributed by atoms with Gasteiger partial charge in [-0.05, 0) is 38.0 Å². The van der Waals surface area contributed by atoms with Crippen LogP contribution in [-0.4, -0.2) is 37.5 Å². The Hall–Kier alpha value is -0.120. The van der Waals surface area contributed by atoms with Crippen molar-refractivity contribution in [1.82, 2.24) is 5.32 Å². The largest absolute Gasteiger partial charge is 0.378 e. The highest BCUT2D eigenvalue weighted by molar-refractivity contribution is 4.93. The summed E-state index contributed by atoms with van der Waals surface area (Å²) >= 11 is 0. The summed E-state index contributed by atoms with van der Waals surface area (Å²) in [6.45, 7) is 5.01. The molecule has 3 nitrogen and oxygen atoms in total. The van der Waals surface area contributed by atoms with Gasteiger partial charge in [0.25, 0.3) is 0 Å².